The minimum Gasteiger partial charge on any atom is -0.460 e. The molecular weight excluding hydrogens is 424 g/mol. The average Bonchev–Trinajstić information content (AvgIpc) is 3.47. The van der Waals surface area contributed by atoms with E-state index >= 15 is 0 Å². The number of furan rings is 1. The van der Waals surface area contributed by atoms with Crippen molar-refractivity contribution < 1.29 is 9.21 Å². The number of hydrogen-bond acceptors (Lipinski definition) is 4. The molecule has 7 heteroatoms. The van der Waals surface area contributed by atoms with Crippen LogP contribution in [0.5, 0.6) is 0 Å². The third-order valence-corrected chi connectivity index (χ3v) is 7.06. The van der Waals surface area contributed by atoms with E-state index in [0.717, 1.165) is 75.5 Å². The molecule has 0 spiro atoms. The number of rotatable bonds is 8. The van der Waals surface area contributed by atoms with Gasteiger partial charge >= 0.3 is 6.03 Å². The molecule has 1 aliphatic carbocycles. The molecule has 3 N–H and O–H groups in total. The van der Waals surface area contributed by atoms with Gasteiger partial charge in [0.15, 0.2) is 0 Å². The zero-order valence-corrected chi connectivity index (χ0v) is 19.5. The molecule has 2 heterocycles. The van der Waals surface area contributed by atoms with Crippen LogP contribution in [-0.4, -0.2) is 54.6 Å². The number of carbonyl (C=O) groups is 1. The maximum absolute atomic E-state index is 12.5. The summed E-state index contributed by atoms with van der Waals surface area (Å²) in [6.07, 6.45) is 6.78. The molecule has 0 unspecified atom stereocenters. The Labute approximate surface area is 196 Å². The number of nitrogens with two attached hydrogens (primary N) is 1. The highest BCUT2D eigenvalue weighted by atomic mass is 35.5. The Morgan fingerprint density at radius 2 is 1.88 bits per heavy atom. The number of nitrogens with one attached hydrogen (secondary N) is 1. The molecule has 2 fully saturated rings. The first-order chi connectivity index (χ1) is 15.6. The topological polar surface area (TPSA) is 74.7 Å². The predicted octanol–water partition coefficient (Wildman–Crippen LogP) is 4.72. The summed E-state index contributed by atoms with van der Waals surface area (Å²) < 4.78 is 6.10. The molecule has 0 bridgehead atoms. The molecule has 2 aliphatic rings. The summed E-state index contributed by atoms with van der Waals surface area (Å²) in [5.41, 5.74) is 6.80. The number of hydrogen-bond donors (Lipinski definition) is 2. The van der Waals surface area contributed by atoms with E-state index in [2.05, 4.69) is 10.2 Å². The summed E-state index contributed by atoms with van der Waals surface area (Å²) in [6.45, 7) is 4.79. The van der Waals surface area contributed by atoms with Gasteiger partial charge in [0, 0.05) is 44.3 Å². The van der Waals surface area contributed by atoms with Crippen LogP contribution < -0.4 is 11.1 Å². The van der Waals surface area contributed by atoms with Crippen molar-refractivity contribution in [3.8, 4) is 11.3 Å². The van der Waals surface area contributed by atoms with Gasteiger partial charge in [0.1, 0.15) is 11.5 Å². The molecule has 6 nitrogen and oxygen atoms in total. The van der Waals surface area contributed by atoms with Crippen LogP contribution in [0.2, 0.25) is 5.02 Å². The third-order valence-electron chi connectivity index (χ3n) is 6.73. The first kappa shape index (κ1) is 23.1. The zero-order valence-electron chi connectivity index (χ0n) is 18.8. The van der Waals surface area contributed by atoms with Crippen molar-refractivity contribution in [3.05, 3.63) is 47.2 Å². The molecule has 174 valence electrons. The van der Waals surface area contributed by atoms with E-state index in [0.29, 0.717) is 23.5 Å². The molecule has 2 amide bonds. The van der Waals surface area contributed by atoms with Gasteiger partial charge in [0.25, 0.3) is 0 Å². The highest BCUT2D eigenvalue weighted by molar-refractivity contribution is 6.33. The van der Waals surface area contributed by atoms with Crippen LogP contribution in [0.15, 0.2) is 40.8 Å². The maximum Gasteiger partial charge on any atom is 0.317 e. The second kappa shape index (κ2) is 11.2. The molecule has 4 rings (SSSR count). The van der Waals surface area contributed by atoms with Crippen molar-refractivity contribution in [2.45, 2.75) is 51.1 Å². The van der Waals surface area contributed by atoms with Gasteiger partial charge in [-0.05, 0) is 55.9 Å². The Balaban J connectivity index is 1.28. The van der Waals surface area contributed by atoms with E-state index in [4.69, 9.17) is 21.8 Å². The molecule has 1 aromatic carbocycles. The van der Waals surface area contributed by atoms with Crippen LogP contribution in [0.25, 0.3) is 11.3 Å². The minimum atomic E-state index is 0.122. The normalized spacial score (nSPS) is 17.9. The zero-order chi connectivity index (χ0) is 22.3. The molecule has 1 aromatic heterocycles. The summed E-state index contributed by atoms with van der Waals surface area (Å²) in [7, 11) is 0. The number of benzene rings is 1. The second-order valence-electron chi connectivity index (χ2n) is 9.13. The first-order valence-electron chi connectivity index (χ1n) is 11.9. The van der Waals surface area contributed by atoms with Gasteiger partial charge in [0.2, 0.25) is 0 Å². The number of halogens is 1. The summed E-state index contributed by atoms with van der Waals surface area (Å²) in [4.78, 5) is 16.9. The van der Waals surface area contributed by atoms with Crippen molar-refractivity contribution >= 4 is 17.6 Å². The van der Waals surface area contributed by atoms with Crippen molar-refractivity contribution in [2.24, 2.45) is 11.7 Å². The molecular formula is C25H35ClN4O2. The van der Waals surface area contributed by atoms with E-state index in [1.165, 1.54) is 12.8 Å². The van der Waals surface area contributed by atoms with Gasteiger partial charge in [-0.25, -0.2) is 4.79 Å². The lowest BCUT2D eigenvalue weighted by Gasteiger charge is -2.35. The number of urea groups is 1. The van der Waals surface area contributed by atoms with Crippen molar-refractivity contribution in [2.75, 3.05) is 32.7 Å². The van der Waals surface area contributed by atoms with Crippen LogP contribution in [0, 0.1) is 5.92 Å². The summed E-state index contributed by atoms with van der Waals surface area (Å²) >= 11 is 6.31. The lowest BCUT2D eigenvalue weighted by molar-refractivity contribution is 0.140. The lowest BCUT2D eigenvalue weighted by atomic mass is 9.96. The maximum atomic E-state index is 12.5. The standard InChI is InChI=1S/C25H35ClN4O2/c26-23-8-4-3-7-22(23)24-10-9-21(32-24)18-29(16-13-27)17-19-11-14-30(15-12-19)25(31)28-20-5-1-2-6-20/h3-4,7-10,19-20H,1-2,5-6,11-18,27H2,(H,28,31). The average molecular weight is 459 g/mol. The van der Waals surface area contributed by atoms with E-state index in [1.807, 2.05) is 41.3 Å². The van der Waals surface area contributed by atoms with Crippen LogP contribution in [-0.2, 0) is 6.54 Å². The molecule has 1 saturated heterocycles. The molecule has 2 aromatic rings. The SMILES string of the molecule is NCCN(Cc1ccc(-c2ccccc2Cl)o1)CC1CCN(C(=O)NC2CCCC2)CC1. The van der Waals surface area contributed by atoms with Crippen molar-refractivity contribution in [1.82, 2.24) is 15.1 Å². The molecule has 1 aliphatic heterocycles. The summed E-state index contributed by atoms with van der Waals surface area (Å²) in [5, 5.41) is 3.91. The van der Waals surface area contributed by atoms with Gasteiger partial charge in [-0.15, -0.1) is 0 Å². The highest BCUT2D eigenvalue weighted by Gasteiger charge is 2.26. The number of amides is 2. The Morgan fingerprint density at radius 3 is 2.59 bits per heavy atom. The number of nitrogens with zero attached hydrogens (tertiary/aromatic N) is 2. The fraction of sp³-hybridized carbons (Fsp3) is 0.560. The largest absolute Gasteiger partial charge is 0.460 e. The fourth-order valence-corrected chi connectivity index (χ4v) is 5.16. The summed E-state index contributed by atoms with van der Waals surface area (Å²) in [6, 6.07) is 12.2. The lowest BCUT2D eigenvalue weighted by Crippen LogP contribution is -2.48. The van der Waals surface area contributed by atoms with Gasteiger partial charge < -0.3 is 20.4 Å². The van der Waals surface area contributed by atoms with Crippen molar-refractivity contribution in [3.63, 3.8) is 0 Å². The predicted molar refractivity (Wildman–Crippen MR) is 129 cm³/mol. The van der Waals surface area contributed by atoms with Crippen LogP contribution in [0.4, 0.5) is 4.79 Å². The van der Waals surface area contributed by atoms with E-state index in [9.17, 15) is 4.79 Å². The van der Waals surface area contributed by atoms with Crippen LogP contribution in [0.3, 0.4) is 0 Å². The minimum absolute atomic E-state index is 0.122. The number of likely N-dealkylation sites (tertiary alicyclic amines) is 1. The molecule has 0 radical (unpaired) electrons. The Bertz CT molecular complexity index is 872. The number of piperidine rings is 1. The molecule has 1 saturated carbocycles. The summed E-state index contributed by atoms with van der Waals surface area (Å²) in [5.74, 6) is 2.27. The second-order valence-corrected chi connectivity index (χ2v) is 9.54. The first-order valence-corrected chi connectivity index (χ1v) is 12.3. The van der Waals surface area contributed by atoms with Gasteiger partial charge in [-0.1, -0.05) is 36.6 Å². The quantitative estimate of drug-likeness (QED) is 0.599. The van der Waals surface area contributed by atoms with Crippen LogP contribution >= 0.6 is 11.6 Å². The fourth-order valence-electron chi connectivity index (χ4n) is 4.93. The third kappa shape index (κ3) is 6.06. The van der Waals surface area contributed by atoms with Gasteiger partial charge in [0.05, 0.1) is 11.6 Å². The Kier molecular flexibility index (Phi) is 8.11. The Hall–Kier alpha value is -2.02. The van der Waals surface area contributed by atoms with E-state index in [-0.39, 0.29) is 6.03 Å². The number of carbonyl (C=O) groups excluding carboxylic acids is 1. The van der Waals surface area contributed by atoms with Crippen molar-refractivity contribution in [1.29, 1.82) is 0 Å². The van der Waals surface area contributed by atoms with E-state index in [1.54, 1.807) is 0 Å². The monoisotopic (exact) mass is 458 g/mol. The van der Waals surface area contributed by atoms with Gasteiger partial charge in [-0.2, -0.15) is 0 Å². The van der Waals surface area contributed by atoms with E-state index < -0.39 is 0 Å². The molecule has 0 atom stereocenters. The highest BCUT2D eigenvalue weighted by Crippen LogP contribution is 2.29. The van der Waals surface area contributed by atoms with Crippen LogP contribution in [0.1, 0.15) is 44.3 Å². The van der Waals surface area contributed by atoms with Gasteiger partial charge in [-0.3, -0.25) is 4.90 Å². The smallest absolute Gasteiger partial charge is 0.317 e. The molecule has 32 heavy (non-hydrogen) atoms. The Morgan fingerprint density at radius 1 is 1.12 bits per heavy atom.